The Morgan fingerprint density at radius 1 is 1.22 bits per heavy atom. The molecule has 0 saturated carbocycles. The maximum absolute atomic E-state index is 5.31. The Morgan fingerprint density at radius 2 is 2.00 bits per heavy atom. The summed E-state index contributed by atoms with van der Waals surface area (Å²) in [7, 11) is 1.82. The van der Waals surface area contributed by atoms with Gasteiger partial charge in [0.1, 0.15) is 0 Å². The topological polar surface area (TPSA) is 76.7 Å². The van der Waals surface area contributed by atoms with Gasteiger partial charge in [0.05, 0.1) is 5.75 Å². The summed E-state index contributed by atoms with van der Waals surface area (Å²) in [4.78, 5) is 4.44. The van der Waals surface area contributed by atoms with Crippen molar-refractivity contribution in [3.05, 3.63) is 35.7 Å². The van der Waals surface area contributed by atoms with Crippen molar-refractivity contribution >= 4 is 28.2 Å². The van der Waals surface area contributed by atoms with Crippen molar-refractivity contribution in [1.82, 2.24) is 20.3 Å². The fraction of sp³-hybridized carbons (Fsp3) is 0.333. The normalized spacial score (nSPS) is 11.1. The van der Waals surface area contributed by atoms with Gasteiger partial charge in [0.15, 0.2) is 4.34 Å². The first kappa shape index (κ1) is 15.9. The van der Waals surface area contributed by atoms with Crippen molar-refractivity contribution in [3.8, 4) is 11.4 Å². The highest BCUT2D eigenvalue weighted by Crippen LogP contribution is 2.28. The van der Waals surface area contributed by atoms with Crippen molar-refractivity contribution in [2.45, 2.75) is 29.9 Å². The van der Waals surface area contributed by atoms with Gasteiger partial charge in [-0.2, -0.15) is 4.98 Å². The molecule has 23 heavy (non-hydrogen) atoms. The van der Waals surface area contributed by atoms with Crippen LogP contribution in [0.15, 0.2) is 33.1 Å². The van der Waals surface area contributed by atoms with Gasteiger partial charge in [0, 0.05) is 12.6 Å². The first-order valence-corrected chi connectivity index (χ1v) is 9.03. The molecule has 0 spiro atoms. The Bertz CT molecular complexity index is 766. The standard InChI is InChI=1S/C15H17N5OS2/c1-9(2)10-4-6-11(7-5-10)13-17-12(21-20-13)8-22-15-19-18-14(16-3)23-15/h4-7,9H,8H2,1-3H3,(H,16,18). The van der Waals surface area contributed by atoms with Crippen LogP contribution in [0.5, 0.6) is 0 Å². The lowest BCUT2D eigenvalue weighted by molar-refractivity contribution is 0.391. The van der Waals surface area contributed by atoms with Crippen LogP contribution in [-0.2, 0) is 5.75 Å². The number of nitrogens with one attached hydrogen (secondary N) is 1. The fourth-order valence-electron chi connectivity index (χ4n) is 1.94. The van der Waals surface area contributed by atoms with Crippen molar-refractivity contribution in [1.29, 1.82) is 0 Å². The van der Waals surface area contributed by atoms with E-state index >= 15 is 0 Å². The van der Waals surface area contributed by atoms with E-state index in [2.05, 4.69) is 51.6 Å². The largest absolute Gasteiger partial charge is 0.363 e. The van der Waals surface area contributed by atoms with Gasteiger partial charge in [0.25, 0.3) is 0 Å². The Balaban J connectivity index is 1.65. The van der Waals surface area contributed by atoms with E-state index in [0.717, 1.165) is 15.0 Å². The van der Waals surface area contributed by atoms with Gasteiger partial charge in [0.2, 0.25) is 16.8 Å². The molecule has 2 aromatic heterocycles. The Morgan fingerprint density at radius 3 is 2.65 bits per heavy atom. The lowest BCUT2D eigenvalue weighted by atomic mass is 10.0. The SMILES string of the molecule is CNc1nnc(SCc2nc(-c3ccc(C(C)C)cc3)no2)s1. The summed E-state index contributed by atoms with van der Waals surface area (Å²) >= 11 is 3.03. The van der Waals surface area contributed by atoms with Crippen molar-refractivity contribution in [3.63, 3.8) is 0 Å². The van der Waals surface area contributed by atoms with Gasteiger partial charge >= 0.3 is 0 Å². The quantitative estimate of drug-likeness (QED) is 0.674. The summed E-state index contributed by atoms with van der Waals surface area (Å²) in [5.41, 5.74) is 2.26. The van der Waals surface area contributed by atoms with E-state index < -0.39 is 0 Å². The molecular formula is C15H17N5OS2. The highest BCUT2D eigenvalue weighted by atomic mass is 32.2. The molecule has 8 heteroatoms. The van der Waals surface area contributed by atoms with Crippen LogP contribution in [0.2, 0.25) is 0 Å². The number of nitrogens with zero attached hydrogens (tertiary/aromatic N) is 4. The predicted octanol–water partition coefficient (Wildman–Crippen LogP) is 4.05. The van der Waals surface area contributed by atoms with E-state index in [4.69, 9.17) is 4.52 Å². The molecule has 1 N–H and O–H groups in total. The molecule has 120 valence electrons. The third-order valence-electron chi connectivity index (χ3n) is 3.24. The van der Waals surface area contributed by atoms with Crippen LogP contribution >= 0.6 is 23.1 Å². The van der Waals surface area contributed by atoms with Gasteiger partial charge in [-0.3, -0.25) is 0 Å². The van der Waals surface area contributed by atoms with E-state index in [0.29, 0.717) is 23.4 Å². The number of aromatic nitrogens is 4. The number of rotatable bonds is 6. The summed E-state index contributed by atoms with van der Waals surface area (Å²) in [5, 5.41) is 15.9. The maximum Gasteiger partial charge on any atom is 0.237 e. The molecule has 0 amide bonds. The van der Waals surface area contributed by atoms with E-state index in [1.165, 1.54) is 28.7 Å². The zero-order chi connectivity index (χ0) is 16.2. The van der Waals surface area contributed by atoms with Crippen molar-refractivity contribution in [2.24, 2.45) is 0 Å². The second kappa shape index (κ2) is 7.10. The predicted molar refractivity (Wildman–Crippen MR) is 92.8 cm³/mol. The highest BCUT2D eigenvalue weighted by molar-refractivity contribution is 8.00. The smallest absolute Gasteiger partial charge is 0.237 e. The molecule has 0 aliphatic rings. The van der Waals surface area contributed by atoms with Crippen LogP contribution in [0.1, 0.15) is 31.2 Å². The van der Waals surface area contributed by atoms with Crippen LogP contribution in [0, 0.1) is 0 Å². The van der Waals surface area contributed by atoms with Crippen LogP contribution in [0.3, 0.4) is 0 Å². The Labute approximate surface area is 142 Å². The Kier molecular flexibility index (Phi) is 4.92. The third kappa shape index (κ3) is 3.89. The minimum Gasteiger partial charge on any atom is -0.363 e. The third-order valence-corrected chi connectivity index (χ3v) is 5.30. The number of hydrogen-bond donors (Lipinski definition) is 1. The average molecular weight is 347 g/mol. The second-order valence-corrected chi connectivity index (χ2v) is 7.40. The minimum atomic E-state index is 0.510. The fourth-order valence-corrected chi connectivity index (χ4v) is 3.48. The summed E-state index contributed by atoms with van der Waals surface area (Å²) in [6, 6.07) is 8.26. The highest BCUT2D eigenvalue weighted by Gasteiger charge is 2.11. The molecule has 0 aliphatic heterocycles. The lowest BCUT2D eigenvalue weighted by Crippen LogP contribution is -1.88. The minimum absolute atomic E-state index is 0.510. The van der Waals surface area contributed by atoms with Crippen LogP contribution in [0.4, 0.5) is 5.13 Å². The second-order valence-electron chi connectivity index (χ2n) is 5.20. The number of thioether (sulfide) groups is 1. The summed E-state index contributed by atoms with van der Waals surface area (Å²) in [5.74, 6) is 2.29. The van der Waals surface area contributed by atoms with Crippen LogP contribution in [-0.4, -0.2) is 27.4 Å². The number of anilines is 1. The maximum atomic E-state index is 5.31. The van der Waals surface area contributed by atoms with E-state index in [1.807, 2.05) is 19.2 Å². The summed E-state index contributed by atoms with van der Waals surface area (Å²) in [6.45, 7) is 4.34. The first-order valence-electron chi connectivity index (χ1n) is 7.22. The van der Waals surface area contributed by atoms with Gasteiger partial charge < -0.3 is 9.84 Å². The molecule has 6 nitrogen and oxygen atoms in total. The molecule has 0 unspecified atom stereocenters. The van der Waals surface area contributed by atoms with E-state index in [1.54, 1.807) is 0 Å². The van der Waals surface area contributed by atoms with Crippen LogP contribution in [0.25, 0.3) is 11.4 Å². The molecule has 3 aromatic rings. The van der Waals surface area contributed by atoms with Gasteiger partial charge in [-0.05, 0) is 11.5 Å². The monoisotopic (exact) mass is 347 g/mol. The van der Waals surface area contributed by atoms with Crippen LogP contribution < -0.4 is 5.32 Å². The zero-order valence-electron chi connectivity index (χ0n) is 13.1. The first-order chi connectivity index (χ1) is 11.2. The molecule has 2 heterocycles. The van der Waals surface area contributed by atoms with Crippen molar-refractivity contribution in [2.75, 3.05) is 12.4 Å². The van der Waals surface area contributed by atoms with E-state index in [9.17, 15) is 0 Å². The van der Waals surface area contributed by atoms with E-state index in [-0.39, 0.29) is 0 Å². The molecule has 0 bridgehead atoms. The van der Waals surface area contributed by atoms with Gasteiger partial charge in [-0.15, -0.1) is 10.2 Å². The molecular weight excluding hydrogens is 330 g/mol. The molecule has 0 radical (unpaired) electrons. The lowest BCUT2D eigenvalue weighted by Gasteiger charge is -2.04. The zero-order valence-corrected chi connectivity index (χ0v) is 14.7. The Hall–Kier alpha value is -1.93. The summed E-state index contributed by atoms with van der Waals surface area (Å²) < 4.78 is 6.18. The molecule has 1 aromatic carbocycles. The van der Waals surface area contributed by atoms with Gasteiger partial charge in [-0.1, -0.05) is 66.4 Å². The number of benzene rings is 1. The number of hydrogen-bond acceptors (Lipinski definition) is 8. The molecule has 0 saturated heterocycles. The van der Waals surface area contributed by atoms with Crippen molar-refractivity contribution < 1.29 is 4.52 Å². The molecule has 0 atom stereocenters. The molecule has 0 aliphatic carbocycles. The van der Waals surface area contributed by atoms with Gasteiger partial charge in [-0.25, -0.2) is 0 Å². The molecule has 3 rings (SSSR count). The average Bonchev–Trinajstić information content (AvgIpc) is 3.22. The molecule has 0 fully saturated rings. The summed E-state index contributed by atoms with van der Waals surface area (Å²) in [6.07, 6.45) is 0.